The van der Waals surface area contributed by atoms with Crippen LogP contribution in [0.3, 0.4) is 0 Å². The van der Waals surface area contributed by atoms with E-state index in [4.69, 9.17) is 6.42 Å². The molecule has 16 heavy (non-hydrogen) atoms. The average Bonchev–Trinajstić information content (AvgIpc) is 2.57. The lowest BCUT2D eigenvalue weighted by Crippen LogP contribution is -2.02. The highest BCUT2D eigenvalue weighted by Crippen LogP contribution is 2.26. The van der Waals surface area contributed by atoms with Crippen molar-refractivity contribution in [1.82, 2.24) is 9.55 Å². The molecule has 0 radical (unpaired) electrons. The Kier molecular flexibility index (Phi) is 3.02. The van der Waals surface area contributed by atoms with Crippen molar-refractivity contribution in [2.24, 2.45) is 0 Å². The molecule has 0 fully saturated rings. The van der Waals surface area contributed by atoms with Crippen LogP contribution in [-0.4, -0.2) is 9.55 Å². The van der Waals surface area contributed by atoms with Gasteiger partial charge in [0, 0.05) is 0 Å². The first-order valence-electron chi connectivity index (χ1n) is 5.18. The van der Waals surface area contributed by atoms with Gasteiger partial charge in [0.1, 0.15) is 5.82 Å². The van der Waals surface area contributed by atoms with Gasteiger partial charge in [-0.3, -0.25) is 0 Å². The minimum Gasteiger partial charge on any atom is -0.315 e. The van der Waals surface area contributed by atoms with E-state index in [0.29, 0.717) is 6.54 Å². The van der Waals surface area contributed by atoms with Crippen molar-refractivity contribution in [3.05, 3.63) is 29.6 Å². The van der Waals surface area contributed by atoms with Gasteiger partial charge in [-0.25, -0.2) is 4.98 Å². The summed E-state index contributed by atoms with van der Waals surface area (Å²) in [6, 6.07) is 6.24. The number of fused-ring (bicyclic) bond motifs is 1. The van der Waals surface area contributed by atoms with Gasteiger partial charge in [0.05, 0.1) is 22.4 Å². The summed E-state index contributed by atoms with van der Waals surface area (Å²) in [4.78, 5) is 4.81. The molecule has 0 bridgehead atoms. The summed E-state index contributed by atoms with van der Waals surface area (Å²) in [5, 5.41) is 0. The number of rotatable bonds is 2. The number of halogens is 1. The Bertz CT molecular complexity index is 561. The van der Waals surface area contributed by atoms with Crippen LogP contribution in [0.5, 0.6) is 0 Å². The third kappa shape index (κ3) is 1.85. The van der Waals surface area contributed by atoms with E-state index in [-0.39, 0.29) is 4.83 Å². The summed E-state index contributed by atoms with van der Waals surface area (Å²) >= 11 is 3.55. The number of imidazole rings is 1. The molecule has 1 aromatic carbocycles. The topological polar surface area (TPSA) is 17.8 Å². The van der Waals surface area contributed by atoms with Gasteiger partial charge in [0.25, 0.3) is 0 Å². The summed E-state index contributed by atoms with van der Waals surface area (Å²) in [7, 11) is 0. The minimum absolute atomic E-state index is 0.202. The van der Waals surface area contributed by atoms with Crippen LogP contribution in [0.15, 0.2) is 18.2 Å². The number of nitrogens with zero attached hydrogens (tertiary/aromatic N) is 2. The molecule has 0 saturated carbocycles. The van der Waals surface area contributed by atoms with Crippen molar-refractivity contribution in [1.29, 1.82) is 0 Å². The maximum atomic E-state index is 5.40. The van der Waals surface area contributed by atoms with E-state index in [0.717, 1.165) is 16.9 Å². The lowest BCUT2D eigenvalue weighted by molar-refractivity contribution is 0.779. The smallest absolute Gasteiger partial charge is 0.124 e. The van der Waals surface area contributed by atoms with Crippen LogP contribution in [0.2, 0.25) is 0 Å². The molecule has 0 spiro atoms. The summed E-state index contributed by atoms with van der Waals surface area (Å²) in [5.41, 5.74) is 3.33. The van der Waals surface area contributed by atoms with Gasteiger partial charge in [0.15, 0.2) is 0 Å². The molecule has 0 N–H and O–H groups in total. The number of hydrogen-bond donors (Lipinski definition) is 0. The minimum atomic E-state index is 0.202. The highest BCUT2D eigenvalue weighted by atomic mass is 79.9. The molecule has 2 aromatic rings. The Balaban J connectivity index is 2.71. The molecule has 1 unspecified atom stereocenters. The fourth-order valence-electron chi connectivity index (χ4n) is 1.82. The van der Waals surface area contributed by atoms with E-state index in [2.05, 4.69) is 63.4 Å². The predicted molar refractivity (Wildman–Crippen MR) is 70.6 cm³/mol. The molecular weight excluding hydrogens is 264 g/mol. The first kappa shape index (κ1) is 11.2. The summed E-state index contributed by atoms with van der Waals surface area (Å²) < 4.78 is 2.08. The third-order valence-electron chi connectivity index (χ3n) is 2.54. The third-order valence-corrected chi connectivity index (χ3v) is 2.95. The standard InChI is InChI=1S/C13H13BrN2/c1-4-7-16-12-6-5-9(2)8-11(12)15-13(16)10(3)14/h1,5-6,8,10H,7H2,2-3H3. The molecule has 1 heterocycles. The van der Waals surface area contributed by atoms with Gasteiger partial charge in [-0.2, -0.15) is 0 Å². The van der Waals surface area contributed by atoms with Crippen molar-refractivity contribution in [2.75, 3.05) is 0 Å². The second-order valence-corrected chi connectivity index (χ2v) is 5.24. The van der Waals surface area contributed by atoms with Crippen LogP contribution >= 0.6 is 15.9 Å². The number of aromatic nitrogens is 2. The van der Waals surface area contributed by atoms with Gasteiger partial charge >= 0.3 is 0 Å². The van der Waals surface area contributed by atoms with E-state index in [1.807, 2.05) is 0 Å². The van der Waals surface area contributed by atoms with Crippen LogP contribution in [0, 0.1) is 19.3 Å². The molecule has 3 heteroatoms. The van der Waals surface area contributed by atoms with E-state index in [9.17, 15) is 0 Å². The molecule has 0 aliphatic carbocycles. The molecule has 2 nitrogen and oxygen atoms in total. The van der Waals surface area contributed by atoms with Crippen LogP contribution in [0.25, 0.3) is 11.0 Å². The maximum Gasteiger partial charge on any atom is 0.124 e. The van der Waals surface area contributed by atoms with Crippen molar-refractivity contribution < 1.29 is 0 Å². The van der Waals surface area contributed by atoms with Crippen molar-refractivity contribution in [2.45, 2.75) is 25.2 Å². The molecule has 0 aliphatic rings. The fraction of sp³-hybridized carbons (Fsp3) is 0.308. The number of aryl methyl sites for hydroxylation is 1. The van der Waals surface area contributed by atoms with E-state index >= 15 is 0 Å². The number of benzene rings is 1. The van der Waals surface area contributed by atoms with E-state index in [1.165, 1.54) is 5.56 Å². The molecule has 1 aromatic heterocycles. The van der Waals surface area contributed by atoms with Gasteiger partial charge in [0.2, 0.25) is 0 Å². The first-order valence-corrected chi connectivity index (χ1v) is 6.09. The molecular formula is C13H13BrN2. The summed E-state index contributed by atoms with van der Waals surface area (Å²) in [6.07, 6.45) is 5.40. The Morgan fingerprint density at radius 1 is 1.56 bits per heavy atom. The molecule has 0 amide bonds. The predicted octanol–water partition coefficient (Wildman–Crippen LogP) is 3.43. The van der Waals surface area contributed by atoms with Crippen molar-refractivity contribution in [3.63, 3.8) is 0 Å². The average molecular weight is 277 g/mol. The zero-order chi connectivity index (χ0) is 11.7. The SMILES string of the molecule is C#CCn1c(C(C)Br)nc2cc(C)ccc21. The largest absolute Gasteiger partial charge is 0.315 e. The number of hydrogen-bond acceptors (Lipinski definition) is 1. The maximum absolute atomic E-state index is 5.40. The summed E-state index contributed by atoms with van der Waals surface area (Å²) in [6.45, 7) is 4.68. The fourth-order valence-corrected chi connectivity index (χ4v) is 2.17. The van der Waals surface area contributed by atoms with Gasteiger partial charge in [-0.05, 0) is 31.5 Å². The van der Waals surface area contributed by atoms with E-state index < -0.39 is 0 Å². The number of alkyl halides is 1. The Morgan fingerprint density at radius 3 is 2.94 bits per heavy atom. The second-order valence-electron chi connectivity index (χ2n) is 3.87. The van der Waals surface area contributed by atoms with Gasteiger partial charge in [-0.15, -0.1) is 6.42 Å². The lowest BCUT2D eigenvalue weighted by atomic mass is 10.2. The Labute approximate surface area is 104 Å². The zero-order valence-electron chi connectivity index (χ0n) is 9.37. The monoisotopic (exact) mass is 276 g/mol. The Hall–Kier alpha value is -1.27. The normalized spacial score (nSPS) is 12.6. The van der Waals surface area contributed by atoms with Crippen molar-refractivity contribution in [3.8, 4) is 12.3 Å². The molecule has 2 rings (SSSR count). The molecule has 0 saturated heterocycles. The molecule has 82 valence electrons. The van der Waals surface area contributed by atoms with Crippen LogP contribution in [0.4, 0.5) is 0 Å². The summed E-state index contributed by atoms with van der Waals surface area (Å²) in [5.74, 6) is 3.66. The van der Waals surface area contributed by atoms with Gasteiger partial charge < -0.3 is 4.57 Å². The van der Waals surface area contributed by atoms with E-state index in [1.54, 1.807) is 0 Å². The lowest BCUT2D eigenvalue weighted by Gasteiger charge is -2.06. The number of terminal acetylenes is 1. The molecule has 0 aliphatic heterocycles. The van der Waals surface area contributed by atoms with Gasteiger partial charge in [-0.1, -0.05) is 27.9 Å². The zero-order valence-corrected chi connectivity index (χ0v) is 11.0. The highest BCUT2D eigenvalue weighted by molar-refractivity contribution is 9.09. The van der Waals surface area contributed by atoms with Crippen LogP contribution < -0.4 is 0 Å². The highest BCUT2D eigenvalue weighted by Gasteiger charge is 2.13. The molecule has 1 atom stereocenters. The Morgan fingerprint density at radius 2 is 2.31 bits per heavy atom. The second kappa shape index (κ2) is 4.31. The van der Waals surface area contributed by atoms with Crippen LogP contribution in [-0.2, 0) is 6.54 Å². The van der Waals surface area contributed by atoms with Crippen LogP contribution in [0.1, 0.15) is 23.1 Å². The quantitative estimate of drug-likeness (QED) is 0.607. The van der Waals surface area contributed by atoms with Crippen molar-refractivity contribution >= 4 is 27.0 Å². The first-order chi connectivity index (χ1) is 7.63.